The van der Waals surface area contributed by atoms with Crippen LogP contribution in [0.15, 0.2) is 0 Å². The molecule has 192 valence electrons. The molecule has 2 rings (SSSR count). The standard InChI is InChI=1S/C27H52N4O2/c1-24(32)8-3-4-11-27(33)29-17-7-19-31-22-14-26(15-23-31)10-5-9-25-12-20-30(21-13-25)18-6-16-28-2/h25-26,28H,3-23H2,1-2H3,(H,29,33). The van der Waals surface area contributed by atoms with E-state index in [0.717, 1.165) is 50.7 Å². The summed E-state index contributed by atoms with van der Waals surface area (Å²) in [5.74, 6) is 2.25. The highest BCUT2D eigenvalue weighted by molar-refractivity contribution is 5.76. The molecule has 6 nitrogen and oxygen atoms in total. The van der Waals surface area contributed by atoms with E-state index >= 15 is 0 Å². The summed E-state index contributed by atoms with van der Waals surface area (Å²) in [5, 5.41) is 6.29. The molecule has 0 spiro atoms. The van der Waals surface area contributed by atoms with E-state index in [0.29, 0.717) is 12.8 Å². The summed E-state index contributed by atoms with van der Waals surface area (Å²) < 4.78 is 0. The summed E-state index contributed by atoms with van der Waals surface area (Å²) in [4.78, 5) is 28.0. The smallest absolute Gasteiger partial charge is 0.219 e. The van der Waals surface area contributed by atoms with Gasteiger partial charge in [-0.1, -0.05) is 19.3 Å². The number of hydrogen-bond donors (Lipinski definition) is 2. The van der Waals surface area contributed by atoms with Crippen LogP contribution in [0, 0.1) is 11.8 Å². The van der Waals surface area contributed by atoms with E-state index in [1.165, 1.54) is 84.1 Å². The maximum Gasteiger partial charge on any atom is 0.219 e. The molecule has 0 unspecified atom stereocenters. The second kappa shape index (κ2) is 17.5. The number of carbonyl (C=O) groups excluding carboxylic acids is 2. The monoisotopic (exact) mass is 464 g/mol. The van der Waals surface area contributed by atoms with Gasteiger partial charge in [0.2, 0.25) is 5.91 Å². The largest absolute Gasteiger partial charge is 0.356 e. The highest BCUT2D eigenvalue weighted by atomic mass is 16.1. The SMILES string of the molecule is CNCCCN1CCC(CCCC2CCN(CCCNC(=O)CCCCC(C)=O)CC2)CC1. The Bertz CT molecular complexity index is 526. The highest BCUT2D eigenvalue weighted by Gasteiger charge is 2.21. The number of nitrogens with one attached hydrogen (secondary N) is 2. The molecule has 0 atom stereocenters. The topological polar surface area (TPSA) is 64.7 Å². The first-order valence-electron chi connectivity index (χ1n) is 13.9. The van der Waals surface area contributed by atoms with Gasteiger partial charge in [0.05, 0.1) is 0 Å². The zero-order chi connectivity index (χ0) is 23.7. The fourth-order valence-electron chi connectivity index (χ4n) is 5.45. The Kier molecular flexibility index (Phi) is 14.9. The Morgan fingerprint density at radius 1 is 0.727 bits per heavy atom. The normalized spacial score (nSPS) is 19.1. The lowest BCUT2D eigenvalue weighted by molar-refractivity contribution is -0.121. The lowest BCUT2D eigenvalue weighted by atomic mass is 9.87. The highest BCUT2D eigenvalue weighted by Crippen LogP contribution is 2.27. The zero-order valence-corrected chi connectivity index (χ0v) is 21.7. The van der Waals surface area contributed by atoms with Gasteiger partial charge in [0.1, 0.15) is 5.78 Å². The van der Waals surface area contributed by atoms with Gasteiger partial charge in [0.25, 0.3) is 0 Å². The quantitative estimate of drug-likeness (QED) is 0.320. The molecule has 0 radical (unpaired) electrons. The van der Waals surface area contributed by atoms with Crippen molar-refractivity contribution in [2.24, 2.45) is 11.8 Å². The molecule has 2 aliphatic rings. The van der Waals surface area contributed by atoms with E-state index in [9.17, 15) is 9.59 Å². The Morgan fingerprint density at radius 3 is 1.76 bits per heavy atom. The average molecular weight is 465 g/mol. The van der Waals surface area contributed by atoms with Gasteiger partial charge in [0, 0.05) is 19.4 Å². The zero-order valence-electron chi connectivity index (χ0n) is 21.7. The van der Waals surface area contributed by atoms with E-state index in [-0.39, 0.29) is 11.7 Å². The van der Waals surface area contributed by atoms with Crippen LogP contribution in [0.2, 0.25) is 0 Å². The average Bonchev–Trinajstić information content (AvgIpc) is 2.81. The van der Waals surface area contributed by atoms with Crippen molar-refractivity contribution in [1.82, 2.24) is 20.4 Å². The van der Waals surface area contributed by atoms with Gasteiger partial charge >= 0.3 is 0 Å². The van der Waals surface area contributed by atoms with E-state index in [4.69, 9.17) is 0 Å². The van der Waals surface area contributed by atoms with Crippen molar-refractivity contribution in [2.45, 2.75) is 90.4 Å². The van der Waals surface area contributed by atoms with Crippen LogP contribution in [0.4, 0.5) is 0 Å². The molecular weight excluding hydrogens is 412 g/mol. The number of Topliss-reactive ketones (excluding diaryl/α,β-unsaturated/α-hetero) is 1. The molecule has 2 heterocycles. The fourth-order valence-corrected chi connectivity index (χ4v) is 5.45. The number of rotatable bonds is 17. The lowest BCUT2D eigenvalue weighted by Gasteiger charge is -2.33. The number of likely N-dealkylation sites (tertiary alicyclic amines) is 2. The van der Waals surface area contributed by atoms with Crippen molar-refractivity contribution in [3.05, 3.63) is 0 Å². The van der Waals surface area contributed by atoms with Crippen molar-refractivity contribution >= 4 is 11.7 Å². The van der Waals surface area contributed by atoms with Gasteiger partial charge < -0.3 is 25.2 Å². The van der Waals surface area contributed by atoms with E-state index < -0.39 is 0 Å². The van der Waals surface area contributed by atoms with Crippen LogP contribution in [0.5, 0.6) is 0 Å². The molecule has 2 aliphatic heterocycles. The molecule has 0 aromatic carbocycles. The molecule has 2 fully saturated rings. The van der Waals surface area contributed by atoms with Crippen LogP contribution >= 0.6 is 0 Å². The molecule has 6 heteroatoms. The van der Waals surface area contributed by atoms with Crippen molar-refractivity contribution in [2.75, 3.05) is 59.4 Å². The predicted molar refractivity (Wildman–Crippen MR) is 137 cm³/mol. The third kappa shape index (κ3) is 13.5. The van der Waals surface area contributed by atoms with Crippen molar-refractivity contribution < 1.29 is 9.59 Å². The third-order valence-electron chi connectivity index (χ3n) is 7.70. The fraction of sp³-hybridized carbons (Fsp3) is 0.926. The van der Waals surface area contributed by atoms with Crippen LogP contribution in [0.25, 0.3) is 0 Å². The number of carbonyl (C=O) groups is 2. The van der Waals surface area contributed by atoms with Gasteiger partial charge in [-0.05, 0) is 123 Å². The van der Waals surface area contributed by atoms with E-state index in [2.05, 4.69) is 20.4 Å². The molecule has 0 bridgehead atoms. The number of ketones is 1. The number of piperidine rings is 2. The number of amides is 1. The third-order valence-corrected chi connectivity index (χ3v) is 7.70. The van der Waals surface area contributed by atoms with Crippen LogP contribution < -0.4 is 10.6 Å². The Morgan fingerprint density at radius 2 is 1.24 bits per heavy atom. The molecule has 0 aliphatic carbocycles. The summed E-state index contributed by atoms with van der Waals surface area (Å²) in [7, 11) is 2.04. The van der Waals surface area contributed by atoms with E-state index in [1.54, 1.807) is 6.92 Å². The van der Waals surface area contributed by atoms with Gasteiger partial charge in [0.15, 0.2) is 0 Å². The molecule has 1 amide bonds. The number of nitrogens with zero attached hydrogens (tertiary/aromatic N) is 2. The maximum atomic E-state index is 11.9. The maximum absolute atomic E-state index is 11.9. The predicted octanol–water partition coefficient (Wildman–Crippen LogP) is 3.85. The lowest BCUT2D eigenvalue weighted by Crippen LogP contribution is -2.36. The first-order valence-corrected chi connectivity index (χ1v) is 13.9. The Hall–Kier alpha value is -0.980. The molecule has 0 aromatic rings. The Balaban J connectivity index is 1.41. The summed E-state index contributed by atoms with van der Waals surface area (Å²) in [5.41, 5.74) is 0. The minimum Gasteiger partial charge on any atom is -0.356 e. The van der Waals surface area contributed by atoms with Crippen LogP contribution in [-0.4, -0.2) is 80.9 Å². The first-order chi connectivity index (χ1) is 16.1. The molecule has 0 aromatic heterocycles. The summed E-state index contributed by atoms with van der Waals surface area (Å²) >= 11 is 0. The van der Waals surface area contributed by atoms with Crippen molar-refractivity contribution in [3.63, 3.8) is 0 Å². The molecule has 33 heavy (non-hydrogen) atoms. The number of unbranched alkanes of at least 4 members (excludes halogenated alkanes) is 1. The second-order valence-electron chi connectivity index (χ2n) is 10.6. The van der Waals surface area contributed by atoms with Crippen LogP contribution in [-0.2, 0) is 9.59 Å². The van der Waals surface area contributed by atoms with Gasteiger partial charge in [-0.2, -0.15) is 0 Å². The van der Waals surface area contributed by atoms with Gasteiger partial charge in [-0.25, -0.2) is 0 Å². The molecule has 0 saturated carbocycles. The summed E-state index contributed by atoms with van der Waals surface area (Å²) in [6, 6.07) is 0. The minimum absolute atomic E-state index is 0.136. The van der Waals surface area contributed by atoms with Gasteiger partial charge in [-0.15, -0.1) is 0 Å². The van der Waals surface area contributed by atoms with Crippen LogP contribution in [0.3, 0.4) is 0 Å². The van der Waals surface area contributed by atoms with Gasteiger partial charge in [-0.3, -0.25) is 4.79 Å². The Labute approximate surface area is 203 Å². The van der Waals surface area contributed by atoms with Crippen molar-refractivity contribution in [3.8, 4) is 0 Å². The van der Waals surface area contributed by atoms with Crippen LogP contribution in [0.1, 0.15) is 90.4 Å². The molecular formula is C27H52N4O2. The van der Waals surface area contributed by atoms with Crippen molar-refractivity contribution in [1.29, 1.82) is 0 Å². The number of hydrogen-bond acceptors (Lipinski definition) is 5. The summed E-state index contributed by atoms with van der Waals surface area (Å²) in [6.45, 7) is 11.0. The van der Waals surface area contributed by atoms with E-state index in [1.807, 2.05) is 7.05 Å². The minimum atomic E-state index is 0.136. The first kappa shape index (κ1) is 28.3. The molecule has 2 N–H and O–H groups in total. The molecule has 2 saturated heterocycles. The summed E-state index contributed by atoms with van der Waals surface area (Å²) in [6.07, 6.45) is 14.9. The second-order valence-corrected chi connectivity index (χ2v) is 10.6.